The standard InChI is InChI=1S/C8H11NO2S/c1-6(9-8(11)5-10)7-3-2-4-12-7/h2-4,6,10H,5H2,1H3,(H,9,11)/t6-/m1/s1. The molecule has 3 nitrogen and oxygen atoms in total. The molecule has 1 amide bonds. The van der Waals surface area contributed by atoms with E-state index < -0.39 is 6.61 Å². The van der Waals surface area contributed by atoms with E-state index in [1.54, 1.807) is 11.3 Å². The van der Waals surface area contributed by atoms with E-state index in [0.717, 1.165) is 4.88 Å². The molecule has 0 aromatic carbocycles. The number of hydrogen-bond acceptors (Lipinski definition) is 3. The van der Waals surface area contributed by atoms with Gasteiger partial charge in [0.1, 0.15) is 6.61 Å². The molecule has 4 heteroatoms. The minimum atomic E-state index is -0.449. The molecular weight excluding hydrogens is 174 g/mol. The van der Waals surface area contributed by atoms with Gasteiger partial charge in [-0.3, -0.25) is 4.79 Å². The molecule has 0 saturated heterocycles. The highest BCUT2D eigenvalue weighted by Crippen LogP contribution is 2.17. The average molecular weight is 185 g/mol. The molecule has 0 spiro atoms. The van der Waals surface area contributed by atoms with Gasteiger partial charge in [0, 0.05) is 4.88 Å². The molecule has 0 unspecified atom stereocenters. The lowest BCUT2D eigenvalue weighted by molar-refractivity contribution is -0.124. The second-order valence-corrected chi connectivity index (χ2v) is 3.44. The van der Waals surface area contributed by atoms with Crippen LogP contribution in [-0.4, -0.2) is 17.6 Å². The minimum Gasteiger partial charge on any atom is -0.387 e. The van der Waals surface area contributed by atoms with Gasteiger partial charge in [-0.25, -0.2) is 0 Å². The van der Waals surface area contributed by atoms with Crippen LogP contribution in [0.4, 0.5) is 0 Å². The highest BCUT2D eigenvalue weighted by atomic mass is 32.1. The molecule has 0 radical (unpaired) electrons. The fourth-order valence-corrected chi connectivity index (χ4v) is 1.63. The van der Waals surface area contributed by atoms with Crippen LogP contribution in [0.15, 0.2) is 17.5 Å². The van der Waals surface area contributed by atoms with Crippen molar-refractivity contribution < 1.29 is 9.90 Å². The van der Waals surface area contributed by atoms with Gasteiger partial charge in [-0.1, -0.05) is 6.07 Å². The fraction of sp³-hybridized carbons (Fsp3) is 0.375. The van der Waals surface area contributed by atoms with E-state index in [1.807, 2.05) is 24.4 Å². The quantitative estimate of drug-likeness (QED) is 0.735. The van der Waals surface area contributed by atoms with Crippen molar-refractivity contribution >= 4 is 17.2 Å². The summed E-state index contributed by atoms with van der Waals surface area (Å²) < 4.78 is 0. The van der Waals surface area contributed by atoms with Crippen LogP contribution in [0.2, 0.25) is 0 Å². The molecule has 66 valence electrons. The summed E-state index contributed by atoms with van der Waals surface area (Å²) in [5.74, 6) is -0.337. The SMILES string of the molecule is C[C@@H](NC(=O)CO)c1cccs1. The van der Waals surface area contributed by atoms with Crippen molar-refractivity contribution in [2.75, 3.05) is 6.61 Å². The molecule has 0 fully saturated rings. The third-order valence-corrected chi connectivity index (χ3v) is 2.55. The third kappa shape index (κ3) is 2.32. The normalized spacial score (nSPS) is 12.5. The van der Waals surface area contributed by atoms with Crippen molar-refractivity contribution in [2.45, 2.75) is 13.0 Å². The van der Waals surface area contributed by atoms with Gasteiger partial charge in [0.05, 0.1) is 6.04 Å². The lowest BCUT2D eigenvalue weighted by atomic mass is 10.3. The molecule has 1 atom stereocenters. The zero-order chi connectivity index (χ0) is 8.97. The van der Waals surface area contributed by atoms with Crippen LogP contribution >= 0.6 is 11.3 Å². The number of carbonyl (C=O) groups is 1. The summed E-state index contributed by atoms with van der Waals surface area (Å²) in [7, 11) is 0. The maximum absolute atomic E-state index is 10.8. The van der Waals surface area contributed by atoms with Crippen LogP contribution in [0.1, 0.15) is 17.8 Å². The monoisotopic (exact) mass is 185 g/mol. The molecule has 0 saturated carbocycles. The van der Waals surface area contributed by atoms with Gasteiger partial charge in [0.2, 0.25) is 5.91 Å². The summed E-state index contributed by atoms with van der Waals surface area (Å²) in [5, 5.41) is 13.1. The Bertz CT molecular complexity index is 246. The number of nitrogens with one attached hydrogen (secondary N) is 1. The number of rotatable bonds is 3. The Morgan fingerprint density at radius 3 is 3.08 bits per heavy atom. The maximum Gasteiger partial charge on any atom is 0.246 e. The largest absolute Gasteiger partial charge is 0.387 e. The first-order chi connectivity index (χ1) is 5.74. The molecule has 0 aliphatic heterocycles. The molecule has 2 N–H and O–H groups in total. The maximum atomic E-state index is 10.8. The van der Waals surface area contributed by atoms with Gasteiger partial charge in [-0.2, -0.15) is 0 Å². The molecule has 0 aliphatic rings. The van der Waals surface area contributed by atoms with Gasteiger partial charge in [0.25, 0.3) is 0 Å². The molecule has 1 rings (SSSR count). The number of amides is 1. The van der Waals surface area contributed by atoms with Crippen LogP contribution in [0.5, 0.6) is 0 Å². The zero-order valence-corrected chi connectivity index (χ0v) is 7.60. The van der Waals surface area contributed by atoms with E-state index in [0.29, 0.717) is 0 Å². The zero-order valence-electron chi connectivity index (χ0n) is 6.78. The Balaban J connectivity index is 2.49. The minimum absolute atomic E-state index is 0.00958. The highest BCUT2D eigenvalue weighted by molar-refractivity contribution is 7.10. The second-order valence-electron chi connectivity index (χ2n) is 2.46. The molecule has 1 heterocycles. The van der Waals surface area contributed by atoms with Crippen molar-refractivity contribution in [3.05, 3.63) is 22.4 Å². The van der Waals surface area contributed by atoms with Crippen molar-refractivity contribution in [2.24, 2.45) is 0 Å². The van der Waals surface area contributed by atoms with E-state index in [1.165, 1.54) is 0 Å². The summed E-state index contributed by atoms with van der Waals surface area (Å²) in [6.45, 7) is 1.44. The first-order valence-corrected chi connectivity index (χ1v) is 4.55. The van der Waals surface area contributed by atoms with E-state index >= 15 is 0 Å². The van der Waals surface area contributed by atoms with E-state index in [4.69, 9.17) is 5.11 Å². The van der Waals surface area contributed by atoms with Crippen LogP contribution in [0.3, 0.4) is 0 Å². The summed E-state index contributed by atoms with van der Waals surface area (Å²) in [5.41, 5.74) is 0. The summed E-state index contributed by atoms with van der Waals surface area (Å²) in [6, 6.07) is 3.87. The van der Waals surface area contributed by atoms with Gasteiger partial charge in [-0.05, 0) is 18.4 Å². The molecule has 0 bridgehead atoms. The summed E-state index contributed by atoms with van der Waals surface area (Å²) in [6.07, 6.45) is 0. The van der Waals surface area contributed by atoms with Crippen molar-refractivity contribution in [1.82, 2.24) is 5.32 Å². The van der Waals surface area contributed by atoms with Crippen molar-refractivity contribution in [1.29, 1.82) is 0 Å². The first kappa shape index (κ1) is 9.22. The molecular formula is C8H11NO2S. The Labute approximate surface area is 75.0 Å². The van der Waals surface area contributed by atoms with Gasteiger partial charge < -0.3 is 10.4 Å². The average Bonchev–Trinajstić information content (AvgIpc) is 2.56. The van der Waals surface area contributed by atoms with Crippen LogP contribution in [0, 0.1) is 0 Å². The third-order valence-electron chi connectivity index (χ3n) is 1.49. The smallest absolute Gasteiger partial charge is 0.246 e. The lowest BCUT2D eigenvalue weighted by Gasteiger charge is -2.10. The number of aliphatic hydroxyl groups is 1. The number of thiophene rings is 1. The van der Waals surface area contributed by atoms with Crippen molar-refractivity contribution in [3.63, 3.8) is 0 Å². The van der Waals surface area contributed by atoms with Crippen molar-refractivity contribution in [3.8, 4) is 0 Å². The Morgan fingerprint density at radius 1 is 1.83 bits per heavy atom. The number of hydrogen-bond donors (Lipinski definition) is 2. The molecule has 1 aromatic heterocycles. The van der Waals surface area contributed by atoms with E-state index in [9.17, 15) is 4.79 Å². The number of carbonyl (C=O) groups excluding carboxylic acids is 1. The molecule has 1 aromatic rings. The first-order valence-electron chi connectivity index (χ1n) is 3.67. The molecule has 12 heavy (non-hydrogen) atoms. The summed E-state index contributed by atoms with van der Waals surface area (Å²) in [4.78, 5) is 11.9. The Kier molecular flexibility index (Phi) is 3.25. The predicted molar refractivity (Wildman–Crippen MR) is 48.0 cm³/mol. The van der Waals surface area contributed by atoms with Gasteiger partial charge in [-0.15, -0.1) is 11.3 Å². The van der Waals surface area contributed by atoms with Crippen LogP contribution < -0.4 is 5.32 Å². The van der Waals surface area contributed by atoms with Gasteiger partial charge in [0.15, 0.2) is 0 Å². The van der Waals surface area contributed by atoms with Crippen LogP contribution in [-0.2, 0) is 4.79 Å². The predicted octanol–water partition coefficient (Wildman–Crippen LogP) is 0.918. The Hall–Kier alpha value is -0.870. The second kappa shape index (κ2) is 4.23. The lowest BCUT2D eigenvalue weighted by Crippen LogP contribution is -2.28. The fourth-order valence-electron chi connectivity index (χ4n) is 0.896. The Morgan fingerprint density at radius 2 is 2.58 bits per heavy atom. The topological polar surface area (TPSA) is 49.3 Å². The summed E-state index contributed by atoms with van der Waals surface area (Å²) >= 11 is 1.59. The van der Waals surface area contributed by atoms with E-state index in [-0.39, 0.29) is 11.9 Å². The highest BCUT2D eigenvalue weighted by Gasteiger charge is 2.08. The molecule has 0 aliphatic carbocycles. The van der Waals surface area contributed by atoms with Gasteiger partial charge >= 0.3 is 0 Å². The van der Waals surface area contributed by atoms with E-state index in [2.05, 4.69) is 5.32 Å². The van der Waals surface area contributed by atoms with Crippen LogP contribution in [0.25, 0.3) is 0 Å². The number of aliphatic hydroxyl groups excluding tert-OH is 1.